The van der Waals surface area contributed by atoms with Gasteiger partial charge < -0.3 is 4.57 Å². The molecular formula is C9H11NO. The number of aryl methyl sites for hydroxylation is 2. The zero-order valence-electron chi connectivity index (χ0n) is 6.74. The van der Waals surface area contributed by atoms with E-state index in [0.717, 1.165) is 11.8 Å². The van der Waals surface area contributed by atoms with Crippen molar-refractivity contribution in [1.29, 1.82) is 0 Å². The molecule has 1 heterocycles. The quantitative estimate of drug-likeness (QED) is 0.462. The minimum atomic E-state index is 0.780. The highest BCUT2D eigenvalue weighted by Gasteiger charge is 1.93. The van der Waals surface area contributed by atoms with Crippen LogP contribution in [0.5, 0.6) is 0 Å². The van der Waals surface area contributed by atoms with Gasteiger partial charge in [-0.05, 0) is 24.6 Å². The Labute approximate surface area is 66.1 Å². The second-order valence-corrected chi connectivity index (χ2v) is 2.52. The number of allylic oxidation sites excluding steroid dienone is 1. The minimum absolute atomic E-state index is 0.780. The Hall–Kier alpha value is -1.31. The first-order valence-corrected chi connectivity index (χ1v) is 3.49. The van der Waals surface area contributed by atoms with Crippen molar-refractivity contribution in [2.24, 2.45) is 7.05 Å². The molecule has 0 bridgehead atoms. The second kappa shape index (κ2) is 3.19. The number of carbonyl (C=O) groups excluding carboxylic acids is 1. The molecule has 0 fully saturated rings. The summed E-state index contributed by atoms with van der Waals surface area (Å²) in [6, 6.07) is 2.03. The largest absolute Gasteiger partial charge is 0.354 e. The number of rotatable bonds is 2. The zero-order valence-corrected chi connectivity index (χ0v) is 6.74. The number of hydrogen-bond donors (Lipinski definition) is 0. The molecule has 1 rings (SSSR count). The molecule has 0 atom stereocenters. The van der Waals surface area contributed by atoms with Gasteiger partial charge in [0.2, 0.25) is 0 Å². The molecule has 58 valence electrons. The maximum absolute atomic E-state index is 9.98. The summed E-state index contributed by atoms with van der Waals surface area (Å²) in [5.74, 6) is 0. The SMILES string of the molecule is Cc1cc(C=CC=O)cn1C. The number of aromatic nitrogens is 1. The number of hydrogen-bond acceptors (Lipinski definition) is 1. The van der Waals surface area contributed by atoms with Gasteiger partial charge in [-0.3, -0.25) is 4.79 Å². The van der Waals surface area contributed by atoms with Gasteiger partial charge in [0.15, 0.2) is 0 Å². The maximum Gasteiger partial charge on any atom is 0.142 e. The highest BCUT2D eigenvalue weighted by atomic mass is 16.1. The predicted molar refractivity (Wildman–Crippen MR) is 45.2 cm³/mol. The summed E-state index contributed by atoms with van der Waals surface area (Å²) < 4.78 is 2.02. The van der Waals surface area contributed by atoms with Crippen LogP contribution in [0.2, 0.25) is 0 Å². The van der Waals surface area contributed by atoms with Gasteiger partial charge in [-0.25, -0.2) is 0 Å². The van der Waals surface area contributed by atoms with Gasteiger partial charge >= 0.3 is 0 Å². The zero-order chi connectivity index (χ0) is 8.27. The van der Waals surface area contributed by atoms with Gasteiger partial charge in [-0.15, -0.1) is 0 Å². The van der Waals surface area contributed by atoms with Gasteiger partial charge in [0, 0.05) is 18.9 Å². The smallest absolute Gasteiger partial charge is 0.142 e. The van der Waals surface area contributed by atoms with Crippen LogP contribution in [0.4, 0.5) is 0 Å². The third-order valence-electron chi connectivity index (χ3n) is 1.64. The molecule has 0 aliphatic heterocycles. The van der Waals surface area contributed by atoms with E-state index in [4.69, 9.17) is 0 Å². The van der Waals surface area contributed by atoms with Crippen LogP contribution in [0.3, 0.4) is 0 Å². The Balaban J connectivity index is 2.88. The van der Waals surface area contributed by atoms with Crippen LogP contribution in [0.15, 0.2) is 18.3 Å². The number of carbonyl (C=O) groups is 1. The monoisotopic (exact) mass is 149 g/mol. The molecule has 0 unspecified atom stereocenters. The Bertz CT molecular complexity index is 264. The van der Waals surface area contributed by atoms with Crippen molar-refractivity contribution >= 4 is 12.4 Å². The standard InChI is InChI=1S/C9H11NO/c1-8-6-9(4-3-5-11)7-10(8)2/h3-7H,1-2H3. The van der Waals surface area contributed by atoms with Crippen LogP contribution in [-0.4, -0.2) is 10.9 Å². The van der Waals surface area contributed by atoms with E-state index in [0.29, 0.717) is 0 Å². The molecule has 0 aliphatic carbocycles. The summed E-state index contributed by atoms with van der Waals surface area (Å²) in [5.41, 5.74) is 2.26. The minimum Gasteiger partial charge on any atom is -0.354 e. The Morgan fingerprint density at radius 3 is 2.73 bits per heavy atom. The van der Waals surface area contributed by atoms with Crippen LogP contribution in [0, 0.1) is 6.92 Å². The Kier molecular flexibility index (Phi) is 2.26. The lowest BCUT2D eigenvalue weighted by molar-refractivity contribution is -0.104. The van der Waals surface area contributed by atoms with Gasteiger partial charge in [0.25, 0.3) is 0 Å². The Morgan fingerprint density at radius 2 is 2.27 bits per heavy atom. The molecule has 0 saturated heterocycles. The molecule has 2 nitrogen and oxygen atoms in total. The average molecular weight is 149 g/mol. The van der Waals surface area contributed by atoms with Gasteiger partial charge in [0.1, 0.15) is 6.29 Å². The van der Waals surface area contributed by atoms with Crippen molar-refractivity contribution in [3.05, 3.63) is 29.6 Å². The fourth-order valence-electron chi connectivity index (χ4n) is 0.947. The lowest BCUT2D eigenvalue weighted by Crippen LogP contribution is -1.85. The van der Waals surface area contributed by atoms with Crippen molar-refractivity contribution in [1.82, 2.24) is 4.57 Å². The summed E-state index contributed by atoms with van der Waals surface area (Å²) in [5, 5.41) is 0. The number of aldehydes is 1. The molecule has 11 heavy (non-hydrogen) atoms. The Morgan fingerprint density at radius 1 is 1.55 bits per heavy atom. The van der Waals surface area contributed by atoms with Crippen molar-refractivity contribution < 1.29 is 4.79 Å². The first-order chi connectivity index (χ1) is 5.24. The van der Waals surface area contributed by atoms with E-state index in [2.05, 4.69) is 0 Å². The molecule has 2 heteroatoms. The molecule has 0 aromatic carbocycles. The predicted octanol–water partition coefficient (Wildman–Crippen LogP) is 1.55. The van der Waals surface area contributed by atoms with Gasteiger partial charge in [0.05, 0.1) is 0 Å². The molecule has 0 N–H and O–H groups in total. The lowest BCUT2D eigenvalue weighted by atomic mass is 10.3. The second-order valence-electron chi connectivity index (χ2n) is 2.52. The highest BCUT2D eigenvalue weighted by molar-refractivity contribution is 5.73. The van der Waals surface area contributed by atoms with E-state index >= 15 is 0 Å². The van der Waals surface area contributed by atoms with Crippen LogP contribution < -0.4 is 0 Å². The van der Waals surface area contributed by atoms with E-state index in [1.165, 1.54) is 11.8 Å². The van der Waals surface area contributed by atoms with Gasteiger partial charge in [-0.1, -0.05) is 6.08 Å². The van der Waals surface area contributed by atoms with Crippen molar-refractivity contribution in [2.45, 2.75) is 6.92 Å². The fourth-order valence-corrected chi connectivity index (χ4v) is 0.947. The van der Waals surface area contributed by atoms with E-state index in [9.17, 15) is 4.79 Å². The average Bonchev–Trinajstić information content (AvgIpc) is 2.28. The maximum atomic E-state index is 9.98. The summed E-state index contributed by atoms with van der Waals surface area (Å²) in [6.07, 6.45) is 6.05. The highest BCUT2D eigenvalue weighted by Crippen LogP contribution is 2.06. The summed E-state index contributed by atoms with van der Waals surface area (Å²) >= 11 is 0. The normalized spacial score (nSPS) is 10.7. The molecule has 0 amide bonds. The number of nitrogens with zero attached hydrogens (tertiary/aromatic N) is 1. The van der Waals surface area contributed by atoms with E-state index < -0.39 is 0 Å². The summed E-state index contributed by atoms with van der Waals surface area (Å²) in [6.45, 7) is 2.03. The van der Waals surface area contributed by atoms with E-state index in [1.807, 2.05) is 30.8 Å². The molecule has 0 radical (unpaired) electrons. The van der Waals surface area contributed by atoms with Crippen molar-refractivity contribution in [3.8, 4) is 0 Å². The van der Waals surface area contributed by atoms with E-state index in [-0.39, 0.29) is 0 Å². The molecule has 1 aromatic heterocycles. The third-order valence-corrected chi connectivity index (χ3v) is 1.64. The van der Waals surface area contributed by atoms with Crippen LogP contribution in [0.25, 0.3) is 6.08 Å². The van der Waals surface area contributed by atoms with Crippen LogP contribution in [-0.2, 0) is 11.8 Å². The van der Waals surface area contributed by atoms with Crippen LogP contribution in [0.1, 0.15) is 11.3 Å². The topological polar surface area (TPSA) is 22.0 Å². The summed E-state index contributed by atoms with van der Waals surface area (Å²) in [7, 11) is 1.98. The first kappa shape index (κ1) is 7.79. The molecule has 0 spiro atoms. The molecule has 1 aromatic rings. The fraction of sp³-hybridized carbons (Fsp3) is 0.222. The summed E-state index contributed by atoms with van der Waals surface area (Å²) in [4.78, 5) is 9.98. The third kappa shape index (κ3) is 1.80. The van der Waals surface area contributed by atoms with Crippen LogP contribution >= 0.6 is 0 Å². The van der Waals surface area contributed by atoms with E-state index in [1.54, 1.807) is 6.08 Å². The molecule has 0 aliphatic rings. The van der Waals surface area contributed by atoms with Gasteiger partial charge in [-0.2, -0.15) is 0 Å². The molecular weight excluding hydrogens is 138 g/mol. The lowest BCUT2D eigenvalue weighted by Gasteiger charge is -1.89. The first-order valence-electron chi connectivity index (χ1n) is 3.49. The molecule has 0 saturated carbocycles. The van der Waals surface area contributed by atoms with Crippen molar-refractivity contribution in [3.63, 3.8) is 0 Å². The van der Waals surface area contributed by atoms with Crippen molar-refractivity contribution in [2.75, 3.05) is 0 Å².